The fraction of sp³-hybridized carbons (Fsp3) is 0.250. The maximum absolute atomic E-state index is 16.7. The molecule has 3 atom stereocenters. The van der Waals surface area contributed by atoms with E-state index in [1.54, 1.807) is 67.6 Å². The Kier molecular flexibility index (Phi) is 11.5. The van der Waals surface area contributed by atoms with Crippen LogP contribution in [0, 0.1) is 11.8 Å². The molecule has 50 heavy (non-hydrogen) atoms. The van der Waals surface area contributed by atoms with Crippen LogP contribution in [0.3, 0.4) is 0 Å². The van der Waals surface area contributed by atoms with Crippen molar-refractivity contribution in [3.63, 3.8) is 0 Å². The van der Waals surface area contributed by atoms with Gasteiger partial charge in [-0.15, -0.1) is 0 Å². The lowest BCUT2D eigenvalue weighted by molar-refractivity contribution is 0.242. The fourth-order valence-corrected chi connectivity index (χ4v) is 7.77. The number of allylic oxidation sites excluding steroid dienone is 1. The number of halogens is 5. The molecule has 0 spiro atoms. The summed E-state index contributed by atoms with van der Waals surface area (Å²) in [6.07, 6.45) is 0.416. The second-order valence-corrected chi connectivity index (χ2v) is 14.3. The molecule has 0 aliphatic heterocycles. The number of hydrogen-bond donors (Lipinski definition) is 2. The van der Waals surface area contributed by atoms with E-state index in [9.17, 15) is 17.2 Å². The number of aromatic nitrogens is 1. The van der Waals surface area contributed by atoms with Crippen LogP contribution in [0.5, 0.6) is 11.5 Å². The minimum absolute atomic E-state index is 0.115. The summed E-state index contributed by atoms with van der Waals surface area (Å²) in [6.45, 7) is 3.10. The predicted octanol–water partition coefficient (Wildman–Crippen LogP) is 8.47. The SMILES string of the molecule is COc1ccc(CN(c2cccc(F)n2)S(=O)(=O)C2=C(F)C[C@](NC(C)c3ccc(Cl)cc3)(NC(C)c3ccccc3F)C(Cl)=C2)c(OC)c1. The van der Waals surface area contributed by atoms with Crippen LogP contribution in [0.4, 0.5) is 19.0 Å². The van der Waals surface area contributed by atoms with Gasteiger partial charge in [0.2, 0.25) is 5.95 Å². The summed E-state index contributed by atoms with van der Waals surface area (Å²) in [4.78, 5) is 3.05. The number of anilines is 1. The maximum Gasteiger partial charge on any atom is 0.268 e. The highest BCUT2D eigenvalue weighted by atomic mass is 35.5. The van der Waals surface area contributed by atoms with E-state index in [1.807, 2.05) is 6.92 Å². The van der Waals surface area contributed by atoms with Crippen molar-refractivity contribution in [3.8, 4) is 11.5 Å². The molecule has 2 unspecified atom stereocenters. The van der Waals surface area contributed by atoms with Crippen LogP contribution in [-0.4, -0.2) is 33.3 Å². The molecule has 264 valence electrons. The Hall–Kier alpha value is -4.07. The average molecular weight is 748 g/mol. The van der Waals surface area contributed by atoms with Crippen LogP contribution in [0.1, 0.15) is 49.0 Å². The molecule has 5 rings (SSSR count). The first kappa shape index (κ1) is 37.2. The number of rotatable bonds is 13. The Balaban J connectivity index is 1.58. The molecule has 2 N–H and O–H groups in total. The minimum atomic E-state index is -4.81. The Morgan fingerprint density at radius 3 is 2.26 bits per heavy atom. The summed E-state index contributed by atoms with van der Waals surface area (Å²) < 4.78 is 86.4. The Morgan fingerprint density at radius 1 is 0.900 bits per heavy atom. The van der Waals surface area contributed by atoms with E-state index in [4.69, 9.17) is 32.7 Å². The molecule has 14 heteroatoms. The molecule has 3 aromatic carbocycles. The van der Waals surface area contributed by atoms with Crippen LogP contribution in [0.25, 0.3) is 0 Å². The van der Waals surface area contributed by atoms with Crippen molar-refractivity contribution in [1.29, 1.82) is 0 Å². The standard InChI is InChI=1S/C36H35Cl2F3N4O4S/c1-22(24-12-15-26(37)16-13-24)43-36(44-23(2)28-8-5-6-9-29(28)39)20-30(40)32(19-33(36)38)50(46,47)45(35-11-7-10-34(41)42-35)21-25-14-17-27(48-3)18-31(25)49-4/h5-19,22-23,43-44H,20-21H2,1-4H3/t22?,23?,36-/m0/s1. The van der Waals surface area contributed by atoms with E-state index in [1.165, 1.54) is 32.4 Å². The molecule has 0 saturated carbocycles. The molecular formula is C36H35Cl2F3N4O4S. The van der Waals surface area contributed by atoms with Crippen LogP contribution in [-0.2, 0) is 16.6 Å². The molecule has 1 aliphatic carbocycles. The first-order valence-electron chi connectivity index (χ1n) is 15.5. The van der Waals surface area contributed by atoms with Crippen molar-refractivity contribution in [1.82, 2.24) is 15.6 Å². The highest BCUT2D eigenvalue weighted by Crippen LogP contribution is 2.41. The molecule has 0 amide bonds. The summed E-state index contributed by atoms with van der Waals surface area (Å²) in [5.74, 6) is -2.06. The second-order valence-electron chi connectivity index (χ2n) is 11.7. The van der Waals surface area contributed by atoms with Gasteiger partial charge in [0.15, 0.2) is 0 Å². The lowest BCUT2D eigenvalue weighted by Gasteiger charge is -2.42. The number of ether oxygens (including phenoxy) is 2. The number of pyridine rings is 1. The lowest BCUT2D eigenvalue weighted by Crippen LogP contribution is -2.59. The fourth-order valence-electron chi connectivity index (χ4n) is 5.78. The Labute approximate surface area is 299 Å². The van der Waals surface area contributed by atoms with Gasteiger partial charge in [-0.1, -0.05) is 59.6 Å². The number of benzene rings is 3. The highest BCUT2D eigenvalue weighted by molar-refractivity contribution is 7.96. The van der Waals surface area contributed by atoms with Gasteiger partial charge in [-0.3, -0.25) is 10.6 Å². The molecule has 1 aromatic heterocycles. The van der Waals surface area contributed by atoms with E-state index in [0.717, 1.165) is 22.0 Å². The van der Waals surface area contributed by atoms with Gasteiger partial charge in [0.25, 0.3) is 10.0 Å². The molecule has 0 radical (unpaired) electrons. The van der Waals surface area contributed by atoms with Crippen molar-refractivity contribution >= 4 is 39.0 Å². The normalized spacial score (nSPS) is 17.6. The zero-order chi connectivity index (χ0) is 36.2. The van der Waals surface area contributed by atoms with Crippen LogP contribution < -0.4 is 24.4 Å². The van der Waals surface area contributed by atoms with Crippen molar-refractivity contribution < 1.29 is 31.1 Å². The van der Waals surface area contributed by atoms with E-state index in [-0.39, 0.29) is 22.2 Å². The molecule has 0 bridgehead atoms. The Morgan fingerprint density at radius 2 is 1.60 bits per heavy atom. The minimum Gasteiger partial charge on any atom is -0.497 e. The smallest absolute Gasteiger partial charge is 0.268 e. The monoisotopic (exact) mass is 746 g/mol. The molecule has 1 heterocycles. The van der Waals surface area contributed by atoms with Gasteiger partial charge in [0, 0.05) is 40.7 Å². The number of nitrogens with zero attached hydrogens (tertiary/aromatic N) is 2. The van der Waals surface area contributed by atoms with Gasteiger partial charge < -0.3 is 9.47 Å². The number of hydrogen-bond acceptors (Lipinski definition) is 7. The quantitative estimate of drug-likeness (QED) is 0.105. The van der Waals surface area contributed by atoms with Crippen LogP contribution >= 0.6 is 23.2 Å². The third-order valence-corrected chi connectivity index (χ3v) is 10.8. The molecule has 8 nitrogen and oxygen atoms in total. The van der Waals surface area contributed by atoms with Gasteiger partial charge in [-0.25, -0.2) is 26.5 Å². The Bertz CT molecular complexity index is 2030. The maximum atomic E-state index is 16.7. The van der Waals surface area contributed by atoms with E-state index < -0.39 is 63.2 Å². The predicted molar refractivity (Wildman–Crippen MR) is 189 cm³/mol. The lowest BCUT2D eigenvalue weighted by atomic mass is 9.94. The molecule has 0 saturated heterocycles. The summed E-state index contributed by atoms with van der Waals surface area (Å²) in [5, 5.41) is 6.97. The van der Waals surface area contributed by atoms with Crippen molar-refractivity contribution in [3.05, 3.63) is 140 Å². The average Bonchev–Trinajstić information content (AvgIpc) is 3.08. The van der Waals surface area contributed by atoms with Gasteiger partial charge >= 0.3 is 0 Å². The summed E-state index contributed by atoms with van der Waals surface area (Å²) in [5.41, 5.74) is -0.176. The van der Waals surface area contributed by atoms with Crippen molar-refractivity contribution in [2.24, 2.45) is 0 Å². The topological polar surface area (TPSA) is 92.8 Å². The summed E-state index contributed by atoms with van der Waals surface area (Å²) in [7, 11) is -1.94. The van der Waals surface area contributed by atoms with Crippen LogP contribution in [0.15, 0.2) is 107 Å². The number of methoxy groups -OCH3 is 2. The first-order chi connectivity index (χ1) is 23.8. The van der Waals surface area contributed by atoms with Gasteiger partial charge in [0.05, 0.1) is 25.8 Å². The third-order valence-electron chi connectivity index (χ3n) is 8.35. The summed E-state index contributed by atoms with van der Waals surface area (Å²) in [6, 6.07) is 20.3. The van der Waals surface area contributed by atoms with Gasteiger partial charge in [-0.05, 0) is 68.0 Å². The number of nitrogens with one attached hydrogen (secondary N) is 2. The van der Waals surface area contributed by atoms with Crippen LogP contribution in [0.2, 0.25) is 5.02 Å². The molecule has 1 aliphatic rings. The van der Waals surface area contributed by atoms with E-state index in [0.29, 0.717) is 16.3 Å². The van der Waals surface area contributed by atoms with E-state index >= 15 is 4.39 Å². The van der Waals surface area contributed by atoms with Crippen molar-refractivity contribution in [2.75, 3.05) is 18.5 Å². The second kappa shape index (κ2) is 15.4. The first-order valence-corrected chi connectivity index (χ1v) is 17.7. The summed E-state index contributed by atoms with van der Waals surface area (Å²) >= 11 is 13.1. The highest BCUT2D eigenvalue weighted by Gasteiger charge is 2.44. The zero-order valence-electron chi connectivity index (χ0n) is 27.6. The molecular weight excluding hydrogens is 712 g/mol. The molecule has 4 aromatic rings. The largest absolute Gasteiger partial charge is 0.497 e. The van der Waals surface area contributed by atoms with Gasteiger partial charge in [0.1, 0.15) is 39.5 Å². The number of sulfonamides is 1. The molecule has 0 fully saturated rings. The third kappa shape index (κ3) is 7.95. The van der Waals surface area contributed by atoms with Crippen molar-refractivity contribution in [2.45, 2.75) is 44.6 Å². The van der Waals surface area contributed by atoms with Gasteiger partial charge in [-0.2, -0.15) is 4.39 Å². The van der Waals surface area contributed by atoms with E-state index in [2.05, 4.69) is 15.6 Å². The zero-order valence-corrected chi connectivity index (χ0v) is 29.9.